The van der Waals surface area contributed by atoms with E-state index in [1.54, 1.807) is 6.08 Å². The van der Waals surface area contributed by atoms with Crippen LogP contribution in [0.1, 0.15) is 20.3 Å². The van der Waals surface area contributed by atoms with Crippen LogP contribution in [0.2, 0.25) is 0 Å². The Morgan fingerprint density at radius 3 is 2.42 bits per heavy atom. The van der Waals surface area contributed by atoms with E-state index in [-0.39, 0.29) is 12.3 Å². The minimum atomic E-state index is -0.817. The van der Waals surface area contributed by atoms with Crippen molar-refractivity contribution in [3.8, 4) is 0 Å². The summed E-state index contributed by atoms with van der Waals surface area (Å²) < 4.78 is 0. The standard InChI is InChI=1S/C9H16O3/c1-5(2)7-3-6(10)4-8(11)9(7)12/h3,5-6,8-12H,4H2,1-2H3/t6-,8-,9+/m0/s1. The topological polar surface area (TPSA) is 60.7 Å². The molecule has 3 heteroatoms. The third kappa shape index (κ3) is 1.86. The van der Waals surface area contributed by atoms with Gasteiger partial charge in [-0.3, -0.25) is 0 Å². The summed E-state index contributed by atoms with van der Waals surface area (Å²) in [6.45, 7) is 3.86. The Kier molecular flexibility index (Phi) is 2.88. The van der Waals surface area contributed by atoms with Crippen molar-refractivity contribution in [2.45, 2.75) is 38.6 Å². The number of aliphatic hydroxyl groups is 3. The number of hydrogen-bond acceptors (Lipinski definition) is 3. The van der Waals surface area contributed by atoms with Gasteiger partial charge in [0, 0.05) is 6.42 Å². The quantitative estimate of drug-likeness (QED) is 0.490. The smallest absolute Gasteiger partial charge is 0.101 e. The van der Waals surface area contributed by atoms with Gasteiger partial charge in [-0.05, 0) is 11.5 Å². The lowest BCUT2D eigenvalue weighted by Crippen LogP contribution is -2.37. The first-order valence-electron chi connectivity index (χ1n) is 4.28. The highest BCUT2D eigenvalue weighted by atomic mass is 16.3. The Hall–Kier alpha value is -0.380. The highest BCUT2D eigenvalue weighted by molar-refractivity contribution is 5.18. The molecular formula is C9H16O3. The van der Waals surface area contributed by atoms with Crippen LogP contribution in [0.3, 0.4) is 0 Å². The van der Waals surface area contributed by atoms with Crippen molar-refractivity contribution in [2.75, 3.05) is 0 Å². The van der Waals surface area contributed by atoms with E-state index in [9.17, 15) is 15.3 Å². The summed E-state index contributed by atoms with van der Waals surface area (Å²) in [4.78, 5) is 0. The van der Waals surface area contributed by atoms with Crippen LogP contribution < -0.4 is 0 Å². The molecule has 0 aromatic heterocycles. The van der Waals surface area contributed by atoms with E-state index >= 15 is 0 Å². The van der Waals surface area contributed by atoms with Crippen LogP contribution in [-0.2, 0) is 0 Å². The monoisotopic (exact) mass is 172 g/mol. The highest BCUT2D eigenvalue weighted by Crippen LogP contribution is 2.24. The first kappa shape index (κ1) is 9.71. The van der Waals surface area contributed by atoms with Gasteiger partial charge in [0.2, 0.25) is 0 Å². The Morgan fingerprint density at radius 1 is 1.33 bits per heavy atom. The Bertz CT molecular complexity index is 186. The molecule has 0 fully saturated rings. The van der Waals surface area contributed by atoms with Crippen LogP contribution in [0.5, 0.6) is 0 Å². The molecule has 12 heavy (non-hydrogen) atoms. The third-order valence-electron chi connectivity index (χ3n) is 2.24. The van der Waals surface area contributed by atoms with Crippen molar-refractivity contribution in [3.63, 3.8) is 0 Å². The van der Waals surface area contributed by atoms with Crippen molar-refractivity contribution in [3.05, 3.63) is 11.6 Å². The lowest BCUT2D eigenvalue weighted by molar-refractivity contribution is -0.00115. The third-order valence-corrected chi connectivity index (χ3v) is 2.24. The fraction of sp³-hybridized carbons (Fsp3) is 0.778. The molecule has 0 unspecified atom stereocenters. The second-order valence-electron chi connectivity index (χ2n) is 3.64. The second-order valence-corrected chi connectivity index (χ2v) is 3.64. The maximum Gasteiger partial charge on any atom is 0.101 e. The van der Waals surface area contributed by atoms with E-state index in [2.05, 4.69) is 0 Å². The minimum absolute atomic E-state index is 0.171. The van der Waals surface area contributed by atoms with Gasteiger partial charge in [0.15, 0.2) is 0 Å². The van der Waals surface area contributed by atoms with Gasteiger partial charge in [-0.1, -0.05) is 19.9 Å². The summed E-state index contributed by atoms with van der Waals surface area (Å²) in [7, 11) is 0. The van der Waals surface area contributed by atoms with Crippen LogP contribution in [0, 0.1) is 5.92 Å². The van der Waals surface area contributed by atoms with Crippen molar-refractivity contribution >= 4 is 0 Å². The molecule has 0 aliphatic heterocycles. The van der Waals surface area contributed by atoms with Crippen molar-refractivity contribution in [1.29, 1.82) is 0 Å². The molecule has 0 saturated heterocycles. The normalized spacial score (nSPS) is 36.8. The van der Waals surface area contributed by atoms with Gasteiger partial charge in [0.1, 0.15) is 6.10 Å². The van der Waals surface area contributed by atoms with Crippen molar-refractivity contribution in [2.24, 2.45) is 5.92 Å². The molecule has 1 aliphatic carbocycles. The van der Waals surface area contributed by atoms with E-state index in [4.69, 9.17) is 0 Å². The highest BCUT2D eigenvalue weighted by Gasteiger charge is 2.29. The summed E-state index contributed by atoms with van der Waals surface area (Å²) in [5, 5.41) is 28.1. The maximum absolute atomic E-state index is 9.50. The summed E-state index contributed by atoms with van der Waals surface area (Å²) in [6.07, 6.45) is -0.351. The Morgan fingerprint density at radius 2 is 1.92 bits per heavy atom. The fourth-order valence-electron chi connectivity index (χ4n) is 1.52. The van der Waals surface area contributed by atoms with Crippen LogP contribution in [-0.4, -0.2) is 33.6 Å². The average molecular weight is 172 g/mol. The van der Waals surface area contributed by atoms with Gasteiger partial charge in [-0.2, -0.15) is 0 Å². The van der Waals surface area contributed by atoms with Gasteiger partial charge in [-0.15, -0.1) is 0 Å². The van der Waals surface area contributed by atoms with E-state index in [0.29, 0.717) is 0 Å². The maximum atomic E-state index is 9.50. The molecule has 3 atom stereocenters. The van der Waals surface area contributed by atoms with Gasteiger partial charge in [0.05, 0.1) is 12.2 Å². The summed E-state index contributed by atoms with van der Waals surface area (Å²) in [6, 6.07) is 0. The molecule has 1 rings (SSSR count). The number of hydrogen-bond donors (Lipinski definition) is 3. The molecule has 3 nitrogen and oxygen atoms in total. The minimum Gasteiger partial charge on any atom is -0.390 e. The molecule has 0 aromatic rings. The molecule has 0 aromatic carbocycles. The van der Waals surface area contributed by atoms with Crippen LogP contribution in [0.15, 0.2) is 11.6 Å². The average Bonchev–Trinajstić information content (AvgIpc) is 1.96. The molecule has 0 amide bonds. The number of rotatable bonds is 1. The molecule has 0 radical (unpaired) electrons. The van der Waals surface area contributed by atoms with Gasteiger partial charge < -0.3 is 15.3 Å². The first-order chi connectivity index (χ1) is 5.52. The van der Waals surface area contributed by atoms with E-state index in [0.717, 1.165) is 5.57 Å². The van der Waals surface area contributed by atoms with Crippen LogP contribution >= 0.6 is 0 Å². The van der Waals surface area contributed by atoms with E-state index in [1.807, 2.05) is 13.8 Å². The SMILES string of the molecule is CC(C)C1=C[C@H](O)C[C@H](O)[C@@H]1O. The molecule has 70 valence electrons. The summed E-state index contributed by atoms with van der Waals surface area (Å²) >= 11 is 0. The predicted molar refractivity (Wildman–Crippen MR) is 45.6 cm³/mol. The molecule has 3 N–H and O–H groups in total. The predicted octanol–water partition coefficient (Wildman–Crippen LogP) is 0.0552. The van der Waals surface area contributed by atoms with Crippen LogP contribution in [0.25, 0.3) is 0 Å². The summed E-state index contributed by atoms with van der Waals surface area (Å²) in [5.74, 6) is 0.171. The van der Waals surface area contributed by atoms with Crippen molar-refractivity contribution < 1.29 is 15.3 Å². The lowest BCUT2D eigenvalue weighted by Gasteiger charge is -2.29. The first-order valence-corrected chi connectivity index (χ1v) is 4.28. The zero-order valence-corrected chi connectivity index (χ0v) is 7.44. The molecule has 1 aliphatic rings. The van der Waals surface area contributed by atoms with Gasteiger partial charge in [0.25, 0.3) is 0 Å². The Labute approximate surface area is 72.3 Å². The van der Waals surface area contributed by atoms with E-state index in [1.165, 1.54) is 0 Å². The molecular weight excluding hydrogens is 156 g/mol. The fourth-order valence-corrected chi connectivity index (χ4v) is 1.52. The van der Waals surface area contributed by atoms with Gasteiger partial charge >= 0.3 is 0 Å². The Balaban J connectivity index is 2.81. The van der Waals surface area contributed by atoms with E-state index < -0.39 is 18.3 Å². The van der Waals surface area contributed by atoms with Crippen LogP contribution in [0.4, 0.5) is 0 Å². The molecule has 0 spiro atoms. The van der Waals surface area contributed by atoms with Gasteiger partial charge in [-0.25, -0.2) is 0 Å². The van der Waals surface area contributed by atoms with Crippen molar-refractivity contribution in [1.82, 2.24) is 0 Å². The largest absolute Gasteiger partial charge is 0.390 e. The zero-order valence-electron chi connectivity index (χ0n) is 7.44. The summed E-state index contributed by atoms with van der Waals surface area (Å²) in [5.41, 5.74) is 0.737. The molecule has 0 saturated carbocycles. The number of aliphatic hydroxyl groups excluding tert-OH is 3. The zero-order chi connectivity index (χ0) is 9.30. The molecule has 0 heterocycles. The second kappa shape index (κ2) is 3.56. The lowest BCUT2D eigenvalue weighted by atomic mass is 9.86. The molecule has 0 bridgehead atoms.